The van der Waals surface area contributed by atoms with Gasteiger partial charge in [-0.05, 0) is 24.6 Å². The van der Waals surface area contributed by atoms with Crippen LogP contribution in [0.25, 0.3) is 0 Å². The van der Waals surface area contributed by atoms with Crippen LogP contribution in [0.15, 0.2) is 18.2 Å². The van der Waals surface area contributed by atoms with Crippen molar-refractivity contribution in [3.8, 4) is 0 Å². The third kappa shape index (κ3) is 3.96. The van der Waals surface area contributed by atoms with Crippen LogP contribution in [0.3, 0.4) is 0 Å². The number of alkyl halides is 2. The van der Waals surface area contributed by atoms with Gasteiger partial charge in [-0.15, -0.1) is 0 Å². The predicted molar refractivity (Wildman–Crippen MR) is 77.9 cm³/mol. The number of aryl methyl sites for hydroxylation is 1. The molecule has 0 aliphatic heterocycles. The Bertz CT molecular complexity index is 481. The molecule has 0 heterocycles. The van der Waals surface area contributed by atoms with Crippen LogP contribution in [0, 0.1) is 6.92 Å². The Kier molecular flexibility index (Phi) is 5.62. The minimum atomic E-state index is -1.12. The van der Waals surface area contributed by atoms with Gasteiger partial charge in [0.1, 0.15) is 9.65 Å². The number of benzene rings is 1. The third-order valence-corrected chi connectivity index (χ3v) is 5.01. The van der Waals surface area contributed by atoms with Gasteiger partial charge in [0, 0.05) is 10.7 Å². The van der Waals surface area contributed by atoms with Gasteiger partial charge < -0.3 is 10.4 Å². The molecule has 0 aromatic heterocycles. The lowest BCUT2D eigenvalue weighted by molar-refractivity contribution is -0.137. The Morgan fingerprint density at radius 1 is 1.33 bits per heavy atom. The number of carbonyl (C=O) groups is 2. The van der Waals surface area contributed by atoms with Crippen LogP contribution >= 0.6 is 43.5 Å². The Morgan fingerprint density at radius 2 is 1.94 bits per heavy atom. The zero-order valence-electron chi connectivity index (χ0n) is 9.28. The summed E-state index contributed by atoms with van der Waals surface area (Å²) in [5, 5.41) is 11.9. The maximum atomic E-state index is 11.8. The van der Waals surface area contributed by atoms with E-state index in [-0.39, 0.29) is 0 Å². The van der Waals surface area contributed by atoms with Crippen molar-refractivity contribution in [2.75, 3.05) is 5.32 Å². The van der Waals surface area contributed by atoms with Crippen LogP contribution in [0.4, 0.5) is 5.69 Å². The molecule has 0 saturated carbocycles. The van der Waals surface area contributed by atoms with Crippen LogP contribution in [-0.2, 0) is 9.59 Å². The molecule has 98 valence electrons. The number of hydrogen-bond donors (Lipinski definition) is 2. The van der Waals surface area contributed by atoms with Gasteiger partial charge in [-0.1, -0.05) is 49.5 Å². The van der Waals surface area contributed by atoms with E-state index in [0.29, 0.717) is 10.7 Å². The lowest BCUT2D eigenvalue weighted by Crippen LogP contribution is -2.34. The molecule has 1 aromatic rings. The zero-order valence-corrected chi connectivity index (χ0v) is 13.2. The largest absolute Gasteiger partial charge is 0.480 e. The molecule has 2 atom stereocenters. The van der Waals surface area contributed by atoms with Crippen LogP contribution in [0.1, 0.15) is 5.56 Å². The maximum Gasteiger partial charge on any atom is 0.318 e. The second-order valence-electron chi connectivity index (χ2n) is 3.59. The first kappa shape index (κ1) is 15.5. The van der Waals surface area contributed by atoms with E-state index in [9.17, 15) is 9.59 Å². The lowest BCUT2D eigenvalue weighted by Gasteiger charge is -2.14. The second-order valence-corrected chi connectivity index (χ2v) is 6.00. The first-order valence-electron chi connectivity index (χ1n) is 4.91. The van der Waals surface area contributed by atoms with Crippen molar-refractivity contribution < 1.29 is 14.7 Å². The number of hydrogen-bond acceptors (Lipinski definition) is 2. The average Bonchev–Trinajstić information content (AvgIpc) is 2.31. The lowest BCUT2D eigenvalue weighted by atomic mass is 10.2. The van der Waals surface area contributed by atoms with E-state index in [1.165, 1.54) is 0 Å². The van der Waals surface area contributed by atoms with Gasteiger partial charge in [-0.3, -0.25) is 9.59 Å². The van der Waals surface area contributed by atoms with E-state index in [1.54, 1.807) is 18.2 Å². The highest BCUT2D eigenvalue weighted by Crippen LogP contribution is 2.22. The highest BCUT2D eigenvalue weighted by Gasteiger charge is 2.29. The van der Waals surface area contributed by atoms with Gasteiger partial charge in [-0.25, -0.2) is 0 Å². The molecule has 1 rings (SSSR count). The molecule has 18 heavy (non-hydrogen) atoms. The summed E-state index contributed by atoms with van der Waals surface area (Å²) in [6.07, 6.45) is 0. The van der Waals surface area contributed by atoms with E-state index in [1.807, 2.05) is 6.92 Å². The molecular formula is C11H10Br2ClNO3. The fourth-order valence-electron chi connectivity index (χ4n) is 1.19. The number of rotatable bonds is 4. The summed E-state index contributed by atoms with van der Waals surface area (Å²) in [7, 11) is 0. The third-order valence-electron chi connectivity index (χ3n) is 2.20. The molecule has 4 nitrogen and oxygen atoms in total. The standard InChI is InChI=1S/C11H10Br2ClNO3/c1-5-2-3-6(14)4-7(5)15-10(16)8(12)9(13)11(17)18/h2-4,8-9H,1H3,(H,15,16)(H,17,18). The molecule has 0 bridgehead atoms. The van der Waals surface area contributed by atoms with E-state index < -0.39 is 21.5 Å². The summed E-state index contributed by atoms with van der Waals surface area (Å²) < 4.78 is 0. The van der Waals surface area contributed by atoms with Crippen molar-refractivity contribution in [1.29, 1.82) is 0 Å². The van der Waals surface area contributed by atoms with E-state index in [2.05, 4.69) is 37.2 Å². The molecule has 0 radical (unpaired) electrons. The van der Waals surface area contributed by atoms with Gasteiger partial charge in [0.05, 0.1) is 0 Å². The minimum Gasteiger partial charge on any atom is -0.480 e. The number of carbonyl (C=O) groups excluding carboxylic acids is 1. The van der Waals surface area contributed by atoms with Crippen LogP contribution in [0.5, 0.6) is 0 Å². The predicted octanol–water partition coefficient (Wildman–Crippen LogP) is 3.20. The molecular weight excluding hydrogens is 389 g/mol. The summed E-state index contributed by atoms with van der Waals surface area (Å²) in [5.41, 5.74) is 1.40. The monoisotopic (exact) mass is 397 g/mol. The van der Waals surface area contributed by atoms with Gasteiger partial charge in [0.25, 0.3) is 0 Å². The second kappa shape index (κ2) is 6.54. The van der Waals surface area contributed by atoms with Crippen LogP contribution in [0.2, 0.25) is 5.02 Å². The normalized spacial score (nSPS) is 13.8. The Balaban J connectivity index is 2.81. The van der Waals surface area contributed by atoms with Gasteiger partial charge >= 0.3 is 5.97 Å². The quantitative estimate of drug-likeness (QED) is 0.764. The van der Waals surface area contributed by atoms with Crippen molar-refractivity contribution in [1.82, 2.24) is 0 Å². The van der Waals surface area contributed by atoms with Crippen molar-refractivity contribution in [2.45, 2.75) is 16.6 Å². The van der Waals surface area contributed by atoms with Crippen molar-refractivity contribution in [2.24, 2.45) is 0 Å². The summed E-state index contributed by atoms with van der Waals surface area (Å²) in [4.78, 5) is 20.7. The number of halogens is 3. The van der Waals surface area contributed by atoms with Gasteiger partial charge in [0.15, 0.2) is 0 Å². The number of anilines is 1. The fourth-order valence-corrected chi connectivity index (χ4v) is 1.94. The van der Waals surface area contributed by atoms with Gasteiger partial charge in [0.2, 0.25) is 5.91 Å². The number of carboxylic acids is 1. The number of amides is 1. The SMILES string of the molecule is Cc1ccc(Cl)cc1NC(=O)C(Br)C(Br)C(=O)O. The molecule has 0 aliphatic rings. The summed E-state index contributed by atoms with van der Waals surface area (Å²) >= 11 is 11.8. The molecule has 1 amide bonds. The summed E-state index contributed by atoms with van der Waals surface area (Å²) in [6.45, 7) is 1.82. The number of carboxylic acid groups (broad SMARTS) is 1. The summed E-state index contributed by atoms with van der Waals surface area (Å²) in [5.74, 6) is -1.57. The molecule has 7 heteroatoms. The molecule has 0 saturated heterocycles. The van der Waals surface area contributed by atoms with Crippen molar-refractivity contribution in [3.05, 3.63) is 28.8 Å². The van der Waals surface area contributed by atoms with Crippen molar-refractivity contribution >= 4 is 61.0 Å². The zero-order chi connectivity index (χ0) is 13.9. The molecule has 0 spiro atoms. The first-order valence-corrected chi connectivity index (χ1v) is 7.12. The van der Waals surface area contributed by atoms with E-state index in [4.69, 9.17) is 16.7 Å². The van der Waals surface area contributed by atoms with Gasteiger partial charge in [-0.2, -0.15) is 0 Å². The summed E-state index contributed by atoms with van der Waals surface area (Å²) in [6, 6.07) is 5.09. The topological polar surface area (TPSA) is 66.4 Å². The molecule has 0 fully saturated rings. The Morgan fingerprint density at radius 3 is 2.50 bits per heavy atom. The Labute approximate surface area is 126 Å². The number of aliphatic carboxylic acids is 1. The maximum absolute atomic E-state index is 11.8. The molecule has 1 aromatic carbocycles. The highest BCUT2D eigenvalue weighted by atomic mass is 79.9. The smallest absolute Gasteiger partial charge is 0.318 e. The Hall–Kier alpha value is -0.590. The van der Waals surface area contributed by atoms with Crippen LogP contribution in [-0.4, -0.2) is 26.6 Å². The molecule has 0 aliphatic carbocycles. The number of nitrogens with one attached hydrogen (secondary N) is 1. The average molecular weight is 399 g/mol. The van der Waals surface area contributed by atoms with Crippen LogP contribution < -0.4 is 5.32 Å². The molecule has 2 N–H and O–H groups in total. The van der Waals surface area contributed by atoms with E-state index in [0.717, 1.165) is 5.56 Å². The first-order chi connectivity index (χ1) is 8.32. The minimum absolute atomic E-state index is 0.454. The fraction of sp³-hybridized carbons (Fsp3) is 0.273. The molecule has 2 unspecified atom stereocenters. The van der Waals surface area contributed by atoms with E-state index >= 15 is 0 Å². The highest BCUT2D eigenvalue weighted by molar-refractivity contribution is 9.12. The van der Waals surface area contributed by atoms with Crippen molar-refractivity contribution in [3.63, 3.8) is 0 Å².